The van der Waals surface area contributed by atoms with Gasteiger partial charge in [-0.15, -0.1) is 0 Å². The molecule has 1 fully saturated rings. The maximum absolute atomic E-state index is 12.8. The summed E-state index contributed by atoms with van der Waals surface area (Å²) in [6.45, 7) is 1.75. The number of imide groups is 2. The average molecular weight is 352 g/mol. The van der Waals surface area contributed by atoms with E-state index in [0.717, 1.165) is 4.90 Å². The second-order valence-corrected chi connectivity index (χ2v) is 5.67. The number of aryl methyl sites for hydroxylation is 1. The van der Waals surface area contributed by atoms with Gasteiger partial charge >= 0.3 is 6.03 Å². The molecule has 7 heteroatoms. The Labute approximate surface area is 149 Å². The van der Waals surface area contributed by atoms with Crippen LogP contribution in [0.2, 0.25) is 0 Å². The van der Waals surface area contributed by atoms with Crippen LogP contribution >= 0.6 is 0 Å². The third-order valence-electron chi connectivity index (χ3n) is 4.00. The van der Waals surface area contributed by atoms with Crippen LogP contribution < -0.4 is 15.0 Å². The van der Waals surface area contributed by atoms with E-state index in [0.29, 0.717) is 17.0 Å². The molecule has 1 aliphatic heterocycles. The third-order valence-corrected chi connectivity index (χ3v) is 4.00. The molecule has 1 heterocycles. The van der Waals surface area contributed by atoms with Crippen LogP contribution in [0.4, 0.5) is 10.5 Å². The van der Waals surface area contributed by atoms with E-state index in [2.05, 4.69) is 5.32 Å². The number of hydrogen-bond donors (Lipinski definition) is 2. The van der Waals surface area contributed by atoms with Gasteiger partial charge in [0.05, 0.1) is 12.8 Å². The lowest BCUT2D eigenvalue weighted by atomic mass is 10.0. The summed E-state index contributed by atoms with van der Waals surface area (Å²) in [4.78, 5) is 38.1. The van der Waals surface area contributed by atoms with E-state index in [1.807, 2.05) is 0 Å². The molecule has 0 aromatic heterocycles. The van der Waals surface area contributed by atoms with Gasteiger partial charge in [0.25, 0.3) is 11.8 Å². The summed E-state index contributed by atoms with van der Waals surface area (Å²) < 4.78 is 5.00. The van der Waals surface area contributed by atoms with Gasteiger partial charge in [-0.1, -0.05) is 18.2 Å². The summed E-state index contributed by atoms with van der Waals surface area (Å²) in [6.07, 6.45) is 1.24. The van der Waals surface area contributed by atoms with Crippen molar-refractivity contribution < 1.29 is 24.2 Å². The number of carbonyl (C=O) groups excluding carboxylic acids is 3. The van der Waals surface area contributed by atoms with Crippen LogP contribution in [-0.4, -0.2) is 30.1 Å². The molecule has 0 aliphatic carbocycles. The summed E-state index contributed by atoms with van der Waals surface area (Å²) in [5.74, 6) is -1.30. The minimum atomic E-state index is -0.819. The van der Waals surface area contributed by atoms with Crippen LogP contribution in [0.15, 0.2) is 48.0 Å². The molecule has 2 N–H and O–H groups in total. The number of urea groups is 1. The Morgan fingerprint density at radius 1 is 1.12 bits per heavy atom. The SMILES string of the molecule is COc1ccc(/C=C2\C(=O)NC(=O)N(c3ccccc3C)C2=O)c(O)c1. The predicted octanol–water partition coefficient (Wildman–Crippen LogP) is 2.38. The van der Waals surface area contributed by atoms with E-state index in [1.165, 1.54) is 25.3 Å². The van der Waals surface area contributed by atoms with E-state index in [1.54, 1.807) is 37.3 Å². The summed E-state index contributed by atoms with van der Waals surface area (Å²) in [6, 6.07) is 10.5. The van der Waals surface area contributed by atoms with Crippen molar-refractivity contribution in [2.24, 2.45) is 0 Å². The number of carbonyl (C=O) groups is 3. The van der Waals surface area contributed by atoms with Crippen molar-refractivity contribution in [3.8, 4) is 11.5 Å². The Kier molecular flexibility index (Phi) is 4.45. The highest BCUT2D eigenvalue weighted by atomic mass is 16.5. The lowest BCUT2D eigenvalue weighted by Gasteiger charge is -2.27. The minimum Gasteiger partial charge on any atom is -0.507 e. The fourth-order valence-electron chi connectivity index (χ4n) is 2.62. The number of methoxy groups -OCH3 is 1. The Morgan fingerprint density at radius 3 is 2.50 bits per heavy atom. The number of barbiturate groups is 1. The number of anilines is 1. The highest BCUT2D eigenvalue weighted by Gasteiger charge is 2.37. The van der Waals surface area contributed by atoms with Gasteiger partial charge in [-0.25, -0.2) is 9.69 Å². The molecule has 0 unspecified atom stereocenters. The van der Waals surface area contributed by atoms with Crippen molar-refractivity contribution in [3.05, 3.63) is 59.2 Å². The number of amides is 4. The molecule has 0 saturated carbocycles. The van der Waals surface area contributed by atoms with Gasteiger partial charge in [0.2, 0.25) is 0 Å². The highest BCUT2D eigenvalue weighted by molar-refractivity contribution is 6.39. The summed E-state index contributed by atoms with van der Waals surface area (Å²) in [7, 11) is 1.46. The molecule has 132 valence electrons. The zero-order valence-corrected chi connectivity index (χ0v) is 14.1. The van der Waals surface area contributed by atoms with Crippen LogP contribution in [-0.2, 0) is 9.59 Å². The number of phenols is 1. The number of benzene rings is 2. The highest BCUT2D eigenvalue weighted by Crippen LogP contribution is 2.28. The number of hydrogen-bond acceptors (Lipinski definition) is 5. The van der Waals surface area contributed by atoms with Gasteiger partial charge in [-0.3, -0.25) is 14.9 Å². The normalized spacial score (nSPS) is 16.0. The molecule has 4 amide bonds. The first-order chi connectivity index (χ1) is 12.4. The molecule has 7 nitrogen and oxygen atoms in total. The predicted molar refractivity (Wildman–Crippen MR) is 94.8 cm³/mol. The Balaban J connectivity index is 2.05. The smallest absolute Gasteiger partial charge is 0.335 e. The van der Waals surface area contributed by atoms with Crippen molar-refractivity contribution in [3.63, 3.8) is 0 Å². The molecule has 0 spiro atoms. The minimum absolute atomic E-state index is 0.156. The van der Waals surface area contributed by atoms with Crippen LogP contribution in [0.3, 0.4) is 0 Å². The zero-order chi connectivity index (χ0) is 18.8. The van der Waals surface area contributed by atoms with Crippen LogP contribution in [0.25, 0.3) is 6.08 Å². The first kappa shape index (κ1) is 17.2. The zero-order valence-electron chi connectivity index (χ0n) is 14.1. The van der Waals surface area contributed by atoms with Crippen LogP contribution in [0.5, 0.6) is 11.5 Å². The van der Waals surface area contributed by atoms with E-state index in [9.17, 15) is 19.5 Å². The van der Waals surface area contributed by atoms with E-state index in [4.69, 9.17) is 4.74 Å². The van der Waals surface area contributed by atoms with Crippen LogP contribution in [0.1, 0.15) is 11.1 Å². The Bertz CT molecular complexity index is 949. The number of ether oxygens (including phenoxy) is 1. The molecule has 2 aromatic rings. The fourth-order valence-corrected chi connectivity index (χ4v) is 2.62. The number of phenolic OH excluding ortho intramolecular Hbond substituents is 1. The van der Waals surface area contributed by atoms with Crippen molar-refractivity contribution >= 4 is 29.6 Å². The first-order valence-corrected chi connectivity index (χ1v) is 7.76. The van der Waals surface area contributed by atoms with Crippen molar-refractivity contribution in [1.29, 1.82) is 0 Å². The molecule has 0 radical (unpaired) electrons. The molecule has 1 aliphatic rings. The van der Waals surface area contributed by atoms with Gasteiger partial charge in [-0.2, -0.15) is 0 Å². The molecule has 0 bridgehead atoms. The number of nitrogens with zero attached hydrogens (tertiary/aromatic N) is 1. The average Bonchev–Trinajstić information content (AvgIpc) is 2.61. The molecular formula is C19H16N2O5. The van der Waals surface area contributed by atoms with E-state index >= 15 is 0 Å². The number of nitrogens with one attached hydrogen (secondary N) is 1. The second-order valence-electron chi connectivity index (χ2n) is 5.67. The van der Waals surface area contributed by atoms with Gasteiger partial charge in [0.15, 0.2) is 0 Å². The van der Waals surface area contributed by atoms with Crippen molar-refractivity contribution in [2.75, 3.05) is 12.0 Å². The maximum atomic E-state index is 12.8. The quantitative estimate of drug-likeness (QED) is 0.653. The lowest BCUT2D eigenvalue weighted by Crippen LogP contribution is -2.54. The van der Waals surface area contributed by atoms with Gasteiger partial charge < -0.3 is 9.84 Å². The topological polar surface area (TPSA) is 95.9 Å². The van der Waals surface area contributed by atoms with Gasteiger partial charge in [0, 0.05) is 11.6 Å². The van der Waals surface area contributed by atoms with Gasteiger partial charge in [-0.05, 0) is 36.8 Å². The van der Waals surface area contributed by atoms with Crippen LogP contribution in [0, 0.1) is 6.92 Å². The molecule has 3 rings (SSSR count). The molecule has 26 heavy (non-hydrogen) atoms. The van der Waals surface area contributed by atoms with Crippen molar-refractivity contribution in [2.45, 2.75) is 6.92 Å². The number of para-hydroxylation sites is 1. The Hall–Kier alpha value is -3.61. The van der Waals surface area contributed by atoms with E-state index in [-0.39, 0.29) is 16.9 Å². The maximum Gasteiger partial charge on any atom is 0.335 e. The Morgan fingerprint density at radius 2 is 1.85 bits per heavy atom. The summed E-state index contributed by atoms with van der Waals surface area (Å²) in [5, 5.41) is 12.2. The van der Waals surface area contributed by atoms with E-state index < -0.39 is 17.8 Å². The number of rotatable bonds is 3. The van der Waals surface area contributed by atoms with Gasteiger partial charge in [0.1, 0.15) is 17.1 Å². The molecule has 1 saturated heterocycles. The fraction of sp³-hybridized carbons (Fsp3) is 0.105. The number of aromatic hydroxyl groups is 1. The second kappa shape index (κ2) is 6.72. The first-order valence-electron chi connectivity index (χ1n) is 7.76. The largest absolute Gasteiger partial charge is 0.507 e. The third kappa shape index (κ3) is 3.02. The molecule has 0 atom stereocenters. The summed E-state index contributed by atoms with van der Waals surface area (Å²) >= 11 is 0. The summed E-state index contributed by atoms with van der Waals surface area (Å²) in [5.41, 5.74) is 1.08. The van der Waals surface area contributed by atoms with Crippen molar-refractivity contribution in [1.82, 2.24) is 5.32 Å². The standard InChI is InChI=1S/C19H16N2O5/c1-11-5-3-4-6-15(11)21-18(24)14(17(23)20-19(21)25)9-12-7-8-13(26-2)10-16(12)22/h3-10,22H,1-2H3,(H,20,23,25)/b14-9+. The molecular weight excluding hydrogens is 336 g/mol. The lowest BCUT2D eigenvalue weighted by molar-refractivity contribution is -0.122. The molecule has 2 aromatic carbocycles. The monoisotopic (exact) mass is 352 g/mol.